The van der Waals surface area contributed by atoms with Crippen molar-refractivity contribution < 1.29 is 9.53 Å². The Kier molecular flexibility index (Phi) is 3.53. The molecule has 0 amide bonds. The number of nitrogens with zero attached hydrogens (tertiary/aromatic N) is 1. The lowest BCUT2D eigenvalue weighted by atomic mass is 10.1. The summed E-state index contributed by atoms with van der Waals surface area (Å²) in [5.41, 5.74) is 9.06. The molecule has 6 heteroatoms. The first-order valence-electron chi connectivity index (χ1n) is 4.87. The van der Waals surface area contributed by atoms with E-state index in [2.05, 4.69) is 21.2 Å². The molecule has 0 saturated carbocycles. The fourth-order valence-corrected chi connectivity index (χ4v) is 3.39. The van der Waals surface area contributed by atoms with Crippen molar-refractivity contribution >= 4 is 52.9 Å². The molecule has 17 heavy (non-hydrogen) atoms. The van der Waals surface area contributed by atoms with Crippen molar-refractivity contribution in [3.8, 4) is 0 Å². The fourth-order valence-electron chi connectivity index (χ4n) is 1.68. The second-order valence-electron chi connectivity index (χ2n) is 3.65. The Balaban J connectivity index is 2.75. The zero-order valence-corrected chi connectivity index (χ0v) is 12.3. The van der Waals surface area contributed by atoms with Crippen LogP contribution in [-0.2, 0) is 4.74 Å². The largest absolute Gasteiger partial charge is 0.464 e. The number of carbonyl (C=O) groups is 1. The molecular weight excluding hydrogens is 351 g/mol. The summed E-state index contributed by atoms with van der Waals surface area (Å²) in [6.45, 7) is 1.95. The number of aryl methyl sites for hydroxylation is 1. The van der Waals surface area contributed by atoms with Gasteiger partial charge in [-0.15, -0.1) is 0 Å². The smallest absolute Gasteiger partial charge is 0.355 e. The molecule has 1 aromatic heterocycles. The van der Waals surface area contributed by atoms with Gasteiger partial charge in [0.05, 0.1) is 12.6 Å². The van der Waals surface area contributed by atoms with Crippen molar-refractivity contribution in [3.63, 3.8) is 0 Å². The van der Waals surface area contributed by atoms with Crippen LogP contribution in [0, 0.1) is 6.92 Å². The third-order valence-electron chi connectivity index (χ3n) is 2.61. The molecular formula is C11H11IN2O2S. The molecule has 0 unspecified atom stereocenters. The van der Waals surface area contributed by atoms with Gasteiger partial charge in [0.2, 0.25) is 0 Å². The van der Waals surface area contributed by atoms with Crippen LogP contribution in [0.25, 0.3) is 10.9 Å². The van der Waals surface area contributed by atoms with Gasteiger partial charge in [0.1, 0.15) is 5.69 Å². The number of benzene rings is 1. The van der Waals surface area contributed by atoms with E-state index in [1.54, 1.807) is 0 Å². The molecule has 1 aromatic carbocycles. The van der Waals surface area contributed by atoms with E-state index in [1.165, 1.54) is 16.2 Å². The van der Waals surface area contributed by atoms with E-state index < -0.39 is 0 Å². The van der Waals surface area contributed by atoms with Crippen LogP contribution in [0.4, 0.5) is 5.69 Å². The molecule has 0 aliphatic heterocycles. The van der Waals surface area contributed by atoms with Crippen LogP contribution in [0.2, 0.25) is 0 Å². The first-order chi connectivity index (χ1) is 8.08. The number of carbonyl (C=O) groups excluding carboxylic acids is 1. The highest BCUT2D eigenvalue weighted by Crippen LogP contribution is 2.31. The van der Waals surface area contributed by atoms with Gasteiger partial charge >= 0.3 is 5.97 Å². The number of aromatic nitrogens is 1. The first-order valence-corrected chi connectivity index (χ1v) is 8.19. The predicted molar refractivity (Wildman–Crippen MR) is 79.4 cm³/mol. The van der Waals surface area contributed by atoms with E-state index in [1.807, 2.05) is 29.1 Å². The number of methoxy groups -OCH3 is 1. The monoisotopic (exact) mass is 362 g/mol. The minimum Gasteiger partial charge on any atom is -0.464 e. The summed E-state index contributed by atoms with van der Waals surface area (Å²) in [6.07, 6.45) is 0. The molecule has 0 spiro atoms. The summed E-state index contributed by atoms with van der Waals surface area (Å²) >= 11 is 2.12. The summed E-state index contributed by atoms with van der Waals surface area (Å²) < 4.78 is 6.58. The standard InChI is InChI=1S/C11H11IN2O2S/c1-6-3-7-4-10(11(15)16-2)14(17-12)9(7)5-8(6)13/h3-5H,13H2,1-2H3. The number of hydrogen-bond acceptors (Lipinski definition) is 4. The van der Waals surface area contributed by atoms with Crippen LogP contribution in [-0.4, -0.2) is 17.1 Å². The summed E-state index contributed by atoms with van der Waals surface area (Å²) in [6, 6.07) is 5.67. The number of rotatable bonds is 2. The number of nitrogen functional groups attached to an aromatic ring is 1. The second kappa shape index (κ2) is 4.77. The topological polar surface area (TPSA) is 57.2 Å². The summed E-state index contributed by atoms with van der Waals surface area (Å²) in [5, 5.41) is 0.987. The molecule has 4 nitrogen and oxygen atoms in total. The third kappa shape index (κ3) is 2.11. The molecule has 0 aliphatic carbocycles. The Labute approximate surface area is 115 Å². The molecule has 0 radical (unpaired) electrons. The first kappa shape index (κ1) is 12.6. The van der Waals surface area contributed by atoms with E-state index in [4.69, 9.17) is 10.5 Å². The lowest BCUT2D eigenvalue weighted by Crippen LogP contribution is -2.05. The summed E-state index contributed by atoms with van der Waals surface area (Å²) in [7, 11) is 2.80. The molecule has 90 valence electrons. The van der Waals surface area contributed by atoms with Gasteiger partial charge in [-0.1, -0.05) is 0 Å². The Hall–Kier alpha value is -0.890. The SMILES string of the molecule is COC(=O)c1cc2cc(C)c(N)cc2n1SI. The maximum absolute atomic E-state index is 11.6. The molecule has 2 rings (SSSR count). The van der Waals surface area contributed by atoms with Gasteiger partial charge in [0, 0.05) is 41.4 Å². The normalized spacial score (nSPS) is 10.8. The zero-order chi connectivity index (χ0) is 12.6. The van der Waals surface area contributed by atoms with Gasteiger partial charge in [-0.3, -0.25) is 3.97 Å². The number of ether oxygens (including phenoxy) is 1. The number of esters is 1. The average molecular weight is 362 g/mol. The molecule has 1 heterocycles. The van der Waals surface area contributed by atoms with Gasteiger partial charge in [-0.25, -0.2) is 4.79 Å². The van der Waals surface area contributed by atoms with Crippen molar-refractivity contribution in [1.82, 2.24) is 3.97 Å². The molecule has 0 aliphatic rings. The third-order valence-corrected chi connectivity index (χ3v) is 4.32. The molecule has 0 atom stereocenters. The van der Waals surface area contributed by atoms with Crippen LogP contribution in [0.15, 0.2) is 18.2 Å². The van der Waals surface area contributed by atoms with Gasteiger partial charge in [-0.2, -0.15) is 0 Å². The molecule has 2 N–H and O–H groups in total. The lowest BCUT2D eigenvalue weighted by molar-refractivity contribution is 0.0594. The maximum Gasteiger partial charge on any atom is 0.355 e. The number of anilines is 1. The van der Waals surface area contributed by atoms with Crippen molar-refractivity contribution in [2.45, 2.75) is 6.92 Å². The zero-order valence-electron chi connectivity index (χ0n) is 9.36. The van der Waals surface area contributed by atoms with Crippen LogP contribution < -0.4 is 5.73 Å². The second-order valence-corrected chi connectivity index (χ2v) is 5.34. The lowest BCUT2D eigenvalue weighted by Gasteiger charge is -2.05. The molecule has 0 bridgehead atoms. The summed E-state index contributed by atoms with van der Waals surface area (Å²) in [4.78, 5) is 11.6. The Morgan fingerprint density at radius 3 is 2.76 bits per heavy atom. The van der Waals surface area contributed by atoms with E-state index in [0.717, 1.165) is 22.2 Å². The van der Waals surface area contributed by atoms with E-state index in [-0.39, 0.29) is 5.97 Å². The number of hydrogen-bond donors (Lipinski definition) is 1. The van der Waals surface area contributed by atoms with E-state index in [0.29, 0.717) is 5.69 Å². The maximum atomic E-state index is 11.6. The van der Waals surface area contributed by atoms with Gasteiger partial charge in [0.15, 0.2) is 0 Å². The van der Waals surface area contributed by atoms with Gasteiger partial charge in [-0.05, 0) is 30.7 Å². The minimum absolute atomic E-state index is 0.346. The van der Waals surface area contributed by atoms with Gasteiger partial charge in [0.25, 0.3) is 0 Å². The van der Waals surface area contributed by atoms with Crippen molar-refractivity contribution in [3.05, 3.63) is 29.5 Å². The Morgan fingerprint density at radius 2 is 2.18 bits per heavy atom. The van der Waals surface area contributed by atoms with Crippen LogP contribution in [0.3, 0.4) is 0 Å². The van der Waals surface area contributed by atoms with Crippen LogP contribution in [0.5, 0.6) is 0 Å². The number of fused-ring (bicyclic) bond motifs is 1. The highest BCUT2D eigenvalue weighted by atomic mass is 127. The fraction of sp³-hybridized carbons (Fsp3) is 0.182. The number of nitrogens with two attached hydrogens (primary N) is 1. The van der Waals surface area contributed by atoms with Crippen LogP contribution in [0.1, 0.15) is 16.1 Å². The van der Waals surface area contributed by atoms with Crippen LogP contribution >= 0.6 is 30.3 Å². The summed E-state index contributed by atoms with van der Waals surface area (Å²) in [5.74, 6) is -0.346. The Bertz CT molecular complexity index is 595. The molecule has 0 fully saturated rings. The van der Waals surface area contributed by atoms with E-state index >= 15 is 0 Å². The van der Waals surface area contributed by atoms with Crippen molar-refractivity contribution in [1.29, 1.82) is 0 Å². The molecule has 2 aromatic rings. The predicted octanol–water partition coefficient (Wildman–Crippen LogP) is 3.16. The van der Waals surface area contributed by atoms with Gasteiger partial charge < -0.3 is 10.5 Å². The van der Waals surface area contributed by atoms with E-state index in [9.17, 15) is 4.79 Å². The average Bonchev–Trinajstić information content (AvgIpc) is 2.66. The highest BCUT2D eigenvalue weighted by Gasteiger charge is 2.16. The van der Waals surface area contributed by atoms with Crippen molar-refractivity contribution in [2.75, 3.05) is 12.8 Å². The number of halogens is 1. The molecule has 0 saturated heterocycles. The minimum atomic E-state index is -0.346. The van der Waals surface area contributed by atoms with Crippen molar-refractivity contribution in [2.24, 2.45) is 0 Å². The Morgan fingerprint density at radius 1 is 1.47 bits per heavy atom. The quantitative estimate of drug-likeness (QED) is 0.507. The highest BCUT2D eigenvalue weighted by molar-refractivity contribution is 14.2.